The van der Waals surface area contributed by atoms with Crippen molar-refractivity contribution in [2.75, 3.05) is 0 Å². The first-order chi connectivity index (χ1) is 19.0. The fourth-order valence-electron chi connectivity index (χ4n) is 5.30. The molecule has 0 spiro atoms. The van der Waals surface area contributed by atoms with Gasteiger partial charge in [0.15, 0.2) is 0 Å². The molecule has 4 aromatic carbocycles. The summed E-state index contributed by atoms with van der Waals surface area (Å²) in [7, 11) is 0. The molecule has 0 fully saturated rings. The van der Waals surface area contributed by atoms with Crippen molar-refractivity contribution < 1.29 is 10.2 Å². The number of nitrogens with one attached hydrogen (secondary N) is 2. The van der Waals surface area contributed by atoms with Crippen molar-refractivity contribution >= 4 is 0 Å². The molecule has 4 rings (SSSR count). The van der Waals surface area contributed by atoms with E-state index in [2.05, 4.69) is 101 Å². The lowest BCUT2D eigenvalue weighted by molar-refractivity contribution is 0.370. The zero-order valence-corrected chi connectivity index (χ0v) is 24.7. The highest BCUT2D eigenvalue weighted by molar-refractivity contribution is 5.45. The minimum absolute atomic E-state index is 0.103. The van der Waals surface area contributed by atoms with Crippen molar-refractivity contribution in [3.8, 4) is 11.5 Å². The third kappa shape index (κ3) is 6.93. The molecule has 0 aliphatic rings. The number of aromatic hydroxyl groups is 2. The molecule has 40 heavy (non-hydrogen) atoms. The maximum Gasteiger partial charge on any atom is 0.123 e. The van der Waals surface area contributed by atoms with Gasteiger partial charge in [-0.15, -0.1) is 0 Å². The first-order valence-electron chi connectivity index (χ1n) is 14.2. The number of hydrogen-bond acceptors (Lipinski definition) is 4. The average Bonchev–Trinajstić information content (AvgIpc) is 2.91. The van der Waals surface area contributed by atoms with E-state index in [1.54, 1.807) is 0 Å². The second-order valence-corrected chi connectivity index (χ2v) is 12.7. The normalized spacial score (nSPS) is 13.7. The second kappa shape index (κ2) is 12.3. The van der Waals surface area contributed by atoms with Gasteiger partial charge in [-0.3, -0.25) is 0 Å². The summed E-state index contributed by atoms with van der Waals surface area (Å²) in [6.45, 7) is 13.7. The van der Waals surface area contributed by atoms with E-state index in [0.717, 1.165) is 33.4 Å². The zero-order valence-electron chi connectivity index (χ0n) is 24.7. The Morgan fingerprint density at radius 3 is 1.18 bits per heavy atom. The molecule has 0 amide bonds. The zero-order chi connectivity index (χ0) is 28.9. The molecule has 2 unspecified atom stereocenters. The second-order valence-electron chi connectivity index (χ2n) is 12.7. The van der Waals surface area contributed by atoms with Crippen LogP contribution in [0.1, 0.15) is 87.0 Å². The molecule has 4 N–H and O–H groups in total. The molecular formula is C36H44N2O2. The number of benzene rings is 4. The van der Waals surface area contributed by atoms with Crippen LogP contribution in [0.4, 0.5) is 0 Å². The van der Waals surface area contributed by atoms with Crippen molar-refractivity contribution in [1.82, 2.24) is 10.6 Å². The predicted molar refractivity (Wildman–Crippen MR) is 166 cm³/mol. The number of para-hydroxylation sites is 2. The Kier molecular flexibility index (Phi) is 9.02. The Morgan fingerprint density at radius 2 is 0.850 bits per heavy atom. The quantitative estimate of drug-likeness (QED) is 0.175. The molecule has 0 aromatic heterocycles. The van der Waals surface area contributed by atoms with Gasteiger partial charge in [0.05, 0.1) is 12.1 Å². The van der Waals surface area contributed by atoms with E-state index in [9.17, 15) is 10.2 Å². The average molecular weight is 537 g/mol. The minimum atomic E-state index is -0.156. The lowest BCUT2D eigenvalue weighted by Gasteiger charge is -2.31. The number of hydrogen-bond donors (Lipinski definition) is 4. The van der Waals surface area contributed by atoms with Gasteiger partial charge in [0.2, 0.25) is 0 Å². The Labute approximate surface area is 240 Å². The summed E-state index contributed by atoms with van der Waals surface area (Å²) in [5, 5.41) is 29.9. The van der Waals surface area contributed by atoms with E-state index in [-0.39, 0.29) is 22.9 Å². The Morgan fingerprint density at radius 1 is 0.500 bits per heavy atom. The van der Waals surface area contributed by atoms with Crippen LogP contribution in [0.25, 0.3) is 0 Å². The topological polar surface area (TPSA) is 64.5 Å². The Hall–Kier alpha value is -3.60. The predicted octanol–water partition coefficient (Wildman–Crippen LogP) is 8.05. The molecule has 0 heterocycles. The summed E-state index contributed by atoms with van der Waals surface area (Å²) < 4.78 is 0. The lowest BCUT2D eigenvalue weighted by Crippen LogP contribution is -2.35. The first kappa shape index (κ1) is 29.4. The summed E-state index contributed by atoms with van der Waals surface area (Å²) >= 11 is 0. The Bertz CT molecular complexity index is 1280. The van der Waals surface area contributed by atoms with Crippen LogP contribution in [0.5, 0.6) is 11.5 Å². The van der Waals surface area contributed by atoms with Crippen LogP contribution >= 0.6 is 0 Å². The molecule has 0 aliphatic heterocycles. The highest BCUT2D eigenvalue weighted by atomic mass is 16.3. The lowest BCUT2D eigenvalue weighted by atomic mass is 9.85. The van der Waals surface area contributed by atoms with E-state index in [4.69, 9.17) is 0 Å². The molecule has 0 aliphatic carbocycles. The molecule has 4 nitrogen and oxygen atoms in total. The molecule has 0 radical (unpaired) electrons. The summed E-state index contributed by atoms with van der Waals surface area (Å²) in [5.41, 5.74) is 5.59. The van der Waals surface area contributed by atoms with E-state index in [1.807, 2.05) is 48.5 Å². The van der Waals surface area contributed by atoms with Crippen LogP contribution in [0.3, 0.4) is 0 Å². The van der Waals surface area contributed by atoms with E-state index < -0.39 is 0 Å². The van der Waals surface area contributed by atoms with Gasteiger partial charge in [-0.1, -0.05) is 139 Å². The van der Waals surface area contributed by atoms with E-state index in [0.29, 0.717) is 24.6 Å². The molecule has 210 valence electrons. The maximum absolute atomic E-state index is 11.2. The van der Waals surface area contributed by atoms with Gasteiger partial charge in [-0.05, 0) is 33.1 Å². The van der Waals surface area contributed by atoms with Crippen LogP contribution in [-0.2, 0) is 23.9 Å². The van der Waals surface area contributed by atoms with Crippen molar-refractivity contribution in [2.24, 2.45) is 0 Å². The first-order valence-corrected chi connectivity index (χ1v) is 14.2. The van der Waals surface area contributed by atoms with Gasteiger partial charge >= 0.3 is 0 Å². The highest BCUT2D eigenvalue weighted by Gasteiger charge is 2.27. The number of phenols is 2. The SMILES string of the molecule is CC(C)(C)c1cccc(CNC(c2ccccc2)C(NCc2cccc(C(C)(C)C)c2O)c2ccccc2)c1O. The number of phenolic OH excluding ortho intramolecular Hbond substituents is 2. The Balaban J connectivity index is 1.69. The van der Waals surface area contributed by atoms with Gasteiger partial charge in [0.25, 0.3) is 0 Å². The summed E-state index contributed by atoms with van der Waals surface area (Å²) in [5.74, 6) is 0.699. The van der Waals surface area contributed by atoms with Gasteiger partial charge in [0.1, 0.15) is 11.5 Å². The van der Waals surface area contributed by atoms with Crippen LogP contribution in [-0.4, -0.2) is 10.2 Å². The fraction of sp³-hybridized carbons (Fsp3) is 0.333. The third-order valence-electron chi connectivity index (χ3n) is 7.53. The van der Waals surface area contributed by atoms with Crippen molar-refractivity contribution in [3.05, 3.63) is 130 Å². The molecule has 0 saturated carbocycles. The molecule has 2 atom stereocenters. The maximum atomic E-state index is 11.2. The van der Waals surface area contributed by atoms with E-state index in [1.165, 1.54) is 0 Å². The molecule has 4 aromatic rings. The third-order valence-corrected chi connectivity index (χ3v) is 7.53. The smallest absolute Gasteiger partial charge is 0.123 e. The standard InChI is InChI=1S/C36H44N2O2/c1-35(2,3)29-21-13-19-27(33(29)39)23-37-31(25-15-9-7-10-16-25)32(26-17-11-8-12-18-26)38-24-28-20-14-22-30(34(28)40)36(4,5)6/h7-22,31-32,37-40H,23-24H2,1-6H3. The van der Waals surface area contributed by atoms with E-state index >= 15 is 0 Å². The fourth-order valence-corrected chi connectivity index (χ4v) is 5.30. The van der Waals surface area contributed by atoms with Gasteiger partial charge in [-0.25, -0.2) is 0 Å². The highest BCUT2D eigenvalue weighted by Crippen LogP contribution is 2.36. The largest absolute Gasteiger partial charge is 0.507 e. The van der Waals surface area contributed by atoms with Crippen LogP contribution < -0.4 is 10.6 Å². The minimum Gasteiger partial charge on any atom is -0.507 e. The monoisotopic (exact) mass is 536 g/mol. The summed E-state index contributed by atoms with van der Waals surface area (Å²) in [6, 6.07) is 32.6. The molecule has 0 bridgehead atoms. The molecule has 0 saturated heterocycles. The van der Waals surface area contributed by atoms with Crippen LogP contribution in [0.15, 0.2) is 97.1 Å². The van der Waals surface area contributed by atoms with Crippen LogP contribution in [0.2, 0.25) is 0 Å². The number of rotatable bonds is 9. The summed E-state index contributed by atoms with van der Waals surface area (Å²) in [4.78, 5) is 0. The summed E-state index contributed by atoms with van der Waals surface area (Å²) in [6.07, 6.45) is 0. The van der Waals surface area contributed by atoms with Gasteiger partial charge < -0.3 is 20.8 Å². The van der Waals surface area contributed by atoms with Crippen molar-refractivity contribution in [3.63, 3.8) is 0 Å². The van der Waals surface area contributed by atoms with Crippen molar-refractivity contribution in [1.29, 1.82) is 0 Å². The molecular weight excluding hydrogens is 492 g/mol. The van der Waals surface area contributed by atoms with Crippen molar-refractivity contribution in [2.45, 2.75) is 77.5 Å². The van der Waals surface area contributed by atoms with Crippen LogP contribution in [0, 0.1) is 0 Å². The molecule has 4 heteroatoms. The van der Waals surface area contributed by atoms with Gasteiger partial charge in [-0.2, -0.15) is 0 Å². The van der Waals surface area contributed by atoms with Gasteiger partial charge in [0, 0.05) is 24.2 Å².